The van der Waals surface area contributed by atoms with Gasteiger partial charge >= 0.3 is 0 Å². The molecule has 0 fully saturated rings. The number of carbonyl (C=O) groups is 1. The number of nitrogens with zero attached hydrogens (tertiary/aromatic N) is 1. The lowest BCUT2D eigenvalue weighted by molar-refractivity contribution is 0.0951. The molecule has 2 N–H and O–H groups in total. The van der Waals surface area contributed by atoms with E-state index in [4.69, 9.17) is 55.9 Å². The third kappa shape index (κ3) is 5.55. The number of halogens is 3. The number of hydrogen-bond donors (Lipinski definition) is 2. The van der Waals surface area contributed by atoms with Crippen LogP contribution in [0.5, 0.6) is 0 Å². The second-order valence-electron chi connectivity index (χ2n) is 7.80. The molecule has 10 heteroatoms. The molecule has 180 valence electrons. The van der Waals surface area contributed by atoms with Crippen LogP contribution >= 0.6 is 47.0 Å². The number of anilines is 1. The van der Waals surface area contributed by atoms with Crippen molar-refractivity contribution in [1.29, 1.82) is 0 Å². The van der Waals surface area contributed by atoms with Crippen LogP contribution in [-0.4, -0.2) is 16.0 Å². The van der Waals surface area contributed by atoms with Gasteiger partial charge in [-0.3, -0.25) is 10.1 Å². The van der Waals surface area contributed by atoms with Crippen molar-refractivity contribution < 1.29 is 13.6 Å². The quantitative estimate of drug-likeness (QED) is 0.215. The number of amides is 1. The summed E-state index contributed by atoms with van der Waals surface area (Å²) in [5.41, 5.74) is 3.60. The van der Waals surface area contributed by atoms with Gasteiger partial charge in [-0.05, 0) is 78.4 Å². The van der Waals surface area contributed by atoms with Crippen LogP contribution in [0.1, 0.15) is 22.0 Å². The van der Waals surface area contributed by atoms with Crippen molar-refractivity contribution in [3.05, 3.63) is 105 Å². The zero-order chi connectivity index (χ0) is 25.2. The van der Waals surface area contributed by atoms with Crippen molar-refractivity contribution in [2.75, 3.05) is 5.32 Å². The number of aromatic nitrogens is 1. The highest BCUT2D eigenvalue weighted by Crippen LogP contribution is 2.29. The van der Waals surface area contributed by atoms with Crippen LogP contribution in [0.2, 0.25) is 15.1 Å². The summed E-state index contributed by atoms with van der Waals surface area (Å²) in [6.45, 7) is 0. The summed E-state index contributed by atoms with van der Waals surface area (Å²) in [5.74, 6) is 0.753. The van der Waals surface area contributed by atoms with E-state index in [1.54, 1.807) is 36.4 Å². The molecule has 3 aromatic carbocycles. The molecule has 5 aromatic rings. The Kier molecular flexibility index (Phi) is 6.98. The summed E-state index contributed by atoms with van der Waals surface area (Å²) in [6, 6.07) is 21.2. The van der Waals surface area contributed by atoms with E-state index in [9.17, 15) is 4.79 Å². The summed E-state index contributed by atoms with van der Waals surface area (Å²) in [7, 11) is 0. The van der Waals surface area contributed by atoms with Gasteiger partial charge in [0, 0.05) is 27.7 Å². The Bertz CT molecular complexity index is 1580. The highest BCUT2D eigenvalue weighted by molar-refractivity contribution is 7.80. The number of hydrogen-bond acceptors (Lipinski definition) is 5. The third-order valence-electron chi connectivity index (χ3n) is 5.21. The fourth-order valence-corrected chi connectivity index (χ4v) is 4.38. The number of rotatable bonds is 5. The second kappa shape index (κ2) is 10.3. The molecule has 0 aliphatic heterocycles. The molecule has 2 heterocycles. The molecule has 0 aliphatic carbocycles. The lowest BCUT2D eigenvalue weighted by Gasteiger charge is -2.09. The van der Waals surface area contributed by atoms with Crippen molar-refractivity contribution in [3.63, 3.8) is 0 Å². The van der Waals surface area contributed by atoms with E-state index in [-0.39, 0.29) is 10.9 Å². The Morgan fingerprint density at radius 1 is 0.889 bits per heavy atom. The molecule has 36 heavy (non-hydrogen) atoms. The van der Waals surface area contributed by atoms with E-state index in [1.807, 2.05) is 36.4 Å². The molecule has 0 saturated carbocycles. The van der Waals surface area contributed by atoms with Gasteiger partial charge < -0.3 is 14.2 Å². The average molecular weight is 557 g/mol. The summed E-state index contributed by atoms with van der Waals surface area (Å²) in [6.07, 6.45) is 0.471. The number of nitrogens with one attached hydrogen (secondary N) is 2. The first-order chi connectivity index (χ1) is 17.3. The van der Waals surface area contributed by atoms with Crippen LogP contribution in [0.3, 0.4) is 0 Å². The molecular formula is C26H16Cl3N3O3S. The molecule has 0 saturated heterocycles. The minimum absolute atomic E-state index is 0.138. The highest BCUT2D eigenvalue weighted by atomic mass is 35.5. The van der Waals surface area contributed by atoms with Crippen LogP contribution in [-0.2, 0) is 6.42 Å². The van der Waals surface area contributed by atoms with E-state index in [2.05, 4.69) is 15.6 Å². The largest absolute Gasteiger partial charge is 0.451 e. The van der Waals surface area contributed by atoms with Gasteiger partial charge in [-0.15, -0.1) is 0 Å². The highest BCUT2D eigenvalue weighted by Gasteiger charge is 2.14. The SMILES string of the molecule is O=C(NC(=S)Nc1ccc(Cc2nc3cc(Cl)cc(Cl)c3o2)cc1)c1ccc(-c2ccc(Cl)cc2)o1. The molecule has 0 radical (unpaired) electrons. The fourth-order valence-electron chi connectivity index (χ4n) is 3.52. The first-order valence-corrected chi connectivity index (χ1v) is 12.2. The molecule has 6 nitrogen and oxygen atoms in total. The van der Waals surface area contributed by atoms with Gasteiger partial charge in [-0.25, -0.2) is 4.98 Å². The normalized spacial score (nSPS) is 11.0. The number of benzene rings is 3. The molecule has 1 amide bonds. The third-order valence-corrected chi connectivity index (χ3v) is 6.16. The number of furan rings is 1. The van der Waals surface area contributed by atoms with Crippen LogP contribution in [0.25, 0.3) is 22.4 Å². The smallest absolute Gasteiger partial charge is 0.293 e. The minimum Gasteiger partial charge on any atom is -0.451 e. The molecular weight excluding hydrogens is 541 g/mol. The molecule has 2 aromatic heterocycles. The van der Waals surface area contributed by atoms with Crippen molar-refractivity contribution >= 4 is 74.8 Å². The number of thiocarbonyl (C=S) groups is 1. The predicted octanol–water partition coefficient (Wildman–Crippen LogP) is 7.77. The Balaban J connectivity index is 1.18. The topological polar surface area (TPSA) is 80.3 Å². The van der Waals surface area contributed by atoms with Gasteiger partial charge in [-0.2, -0.15) is 0 Å². The Labute approximate surface area is 226 Å². The molecule has 0 unspecified atom stereocenters. The van der Waals surface area contributed by atoms with E-state index < -0.39 is 5.91 Å². The molecule has 0 atom stereocenters. The van der Waals surface area contributed by atoms with Gasteiger partial charge in [0.1, 0.15) is 11.3 Å². The Hall–Kier alpha value is -3.36. The molecule has 5 rings (SSSR count). The maximum atomic E-state index is 12.5. The lowest BCUT2D eigenvalue weighted by Crippen LogP contribution is -2.33. The lowest BCUT2D eigenvalue weighted by atomic mass is 10.1. The van der Waals surface area contributed by atoms with Gasteiger partial charge in [0.25, 0.3) is 5.91 Å². The standard InChI is InChI=1S/C26H16Cl3N3O3S/c27-16-5-3-15(4-6-16)21-9-10-22(34-21)25(33)32-26(36)30-18-7-1-14(2-8-18)11-23-31-20-13-17(28)12-19(29)24(20)35-23/h1-10,12-13H,11H2,(H2,30,32,33,36). The molecule has 0 bridgehead atoms. The average Bonchev–Trinajstić information content (AvgIpc) is 3.48. The summed E-state index contributed by atoms with van der Waals surface area (Å²) in [5, 5.41) is 7.28. The van der Waals surface area contributed by atoms with Gasteiger partial charge in [-0.1, -0.05) is 46.9 Å². The van der Waals surface area contributed by atoms with E-state index >= 15 is 0 Å². The van der Waals surface area contributed by atoms with E-state index in [0.29, 0.717) is 49.9 Å². The second-order valence-corrected chi connectivity index (χ2v) is 9.48. The fraction of sp³-hybridized carbons (Fsp3) is 0.0385. The predicted molar refractivity (Wildman–Crippen MR) is 146 cm³/mol. The Morgan fingerprint density at radius 2 is 1.64 bits per heavy atom. The molecule has 0 aliphatic rings. The minimum atomic E-state index is -0.459. The monoisotopic (exact) mass is 555 g/mol. The first-order valence-electron chi connectivity index (χ1n) is 10.7. The number of oxazole rings is 1. The number of fused-ring (bicyclic) bond motifs is 1. The summed E-state index contributed by atoms with van der Waals surface area (Å²) >= 11 is 23.4. The molecule has 0 spiro atoms. The summed E-state index contributed by atoms with van der Waals surface area (Å²) in [4.78, 5) is 17.0. The first kappa shape index (κ1) is 24.3. The van der Waals surface area contributed by atoms with Crippen LogP contribution in [0.15, 0.2) is 81.6 Å². The van der Waals surface area contributed by atoms with Crippen molar-refractivity contribution in [1.82, 2.24) is 10.3 Å². The number of carbonyl (C=O) groups excluding carboxylic acids is 1. The van der Waals surface area contributed by atoms with Gasteiger partial charge in [0.05, 0.1) is 5.02 Å². The zero-order valence-electron chi connectivity index (χ0n) is 18.3. The van der Waals surface area contributed by atoms with Crippen molar-refractivity contribution in [2.45, 2.75) is 6.42 Å². The van der Waals surface area contributed by atoms with E-state index in [0.717, 1.165) is 11.1 Å². The van der Waals surface area contributed by atoms with Crippen molar-refractivity contribution in [2.24, 2.45) is 0 Å². The maximum absolute atomic E-state index is 12.5. The Morgan fingerprint density at radius 3 is 2.39 bits per heavy atom. The van der Waals surface area contributed by atoms with Gasteiger partial charge in [0.15, 0.2) is 22.3 Å². The van der Waals surface area contributed by atoms with Crippen LogP contribution in [0.4, 0.5) is 5.69 Å². The maximum Gasteiger partial charge on any atom is 0.293 e. The van der Waals surface area contributed by atoms with Crippen LogP contribution in [0, 0.1) is 0 Å². The summed E-state index contributed by atoms with van der Waals surface area (Å²) < 4.78 is 11.4. The zero-order valence-corrected chi connectivity index (χ0v) is 21.4. The van der Waals surface area contributed by atoms with E-state index in [1.165, 1.54) is 0 Å². The van der Waals surface area contributed by atoms with Crippen molar-refractivity contribution in [3.8, 4) is 11.3 Å². The van der Waals surface area contributed by atoms with Crippen LogP contribution < -0.4 is 10.6 Å². The van der Waals surface area contributed by atoms with Gasteiger partial charge in [0.2, 0.25) is 0 Å².